The first-order chi connectivity index (χ1) is 12.7. The Balaban J connectivity index is 1.50. The van der Waals surface area contributed by atoms with Gasteiger partial charge in [-0.15, -0.1) is 10.2 Å². The standard InChI is InChI=1S/C18H21N3O3S2/c1-24-16(23)14-9-7-12(8-10-14)11-25-18-21-20-17(26-18)19-15(22)13-5-3-2-4-6-13/h7-10,13H,2-6,11H2,1H3,(H,19,20,22). The van der Waals surface area contributed by atoms with Gasteiger partial charge in [-0.05, 0) is 30.5 Å². The van der Waals surface area contributed by atoms with Gasteiger partial charge in [0.05, 0.1) is 12.7 Å². The number of aromatic nitrogens is 2. The molecule has 0 spiro atoms. The van der Waals surface area contributed by atoms with Crippen molar-refractivity contribution in [3.05, 3.63) is 35.4 Å². The number of nitrogens with one attached hydrogen (secondary N) is 1. The van der Waals surface area contributed by atoms with Crippen molar-refractivity contribution in [2.45, 2.75) is 42.2 Å². The molecule has 0 saturated heterocycles. The molecule has 1 heterocycles. The van der Waals surface area contributed by atoms with Crippen LogP contribution in [-0.2, 0) is 15.3 Å². The largest absolute Gasteiger partial charge is 0.465 e. The lowest BCUT2D eigenvalue weighted by atomic mass is 9.89. The Morgan fingerprint density at radius 1 is 1.19 bits per heavy atom. The summed E-state index contributed by atoms with van der Waals surface area (Å²) in [5.41, 5.74) is 1.61. The van der Waals surface area contributed by atoms with Gasteiger partial charge in [-0.3, -0.25) is 4.79 Å². The molecule has 3 rings (SSSR count). The van der Waals surface area contributed by atoms with E-state index >= 15 is 0 Å². The quantitative estimate of drug-likeness (QED) is 0.453. The summed E-state index contributed by atoms with van der Waals surface area (Å²) in [6.45, 7) is 0. The van der Waals surface area contributed by atoms with Gasteiger partial charge in [-0.2, -0.15) is 0 Å². The number of rotatable bonds is 6. The van der Waals surface area contributed by atoms with E-state index in [1.54, 1.807) is 23.9 Å². The molecule has 1 amide bonds. The van der Waals surface area contributed by atoms with Crippen LogP contribution >= 0.6 is 23.1 Å². The number of benzene rings is 1. The number of carbonyl (C=O) groups is 2. The molecule has 1 saturated carbocycles. The van der Waals surface area contributed by atoms with Crippen LogP contribution < -0.4 is 5.32 Å². The molecule has 1 N–H and O–H groups in total. The number of ether oxygens (including phenoxy) is 1. The Bertz CT molecular complexity index is 755. The molecule has 1 aromatic carbocycles. The normalized spacial score (nSPS) is 14.8. The molecular weight excluding hydrogens is 370 g/mol. The van der Waals surface area contributed by atoms with E-state index in [0.29, 0.717) is 16.4 Å². The maximum atomic E-state index is 12.3. The minimum atomic E-state index is -0.341. The van der Waals surface area contributed by atoms with E-state index in [0.717, 1.165) is 35.6 Å². The average Bonchev–Trinajstić information content (AvgIpc) is 3.14. The summed E-state index contributed by atoms with van der Waals surface area (Å²) >= 11 is 2.95. The summed E-state index contributed by atoms with van der Waals surface area (Å²) < 4.78 is 5.49. The van der Waals surface area contributed by atoms with Gasteiger partial charge in [0.15, 0.2) is 4.34 Å². The van der Waals surface area contributed by atoms with E-state index in [9.17, 15) is 9.59 Å². The summed E-state index contributed by atoms with van der Waals surface area (Å²) in [6.07, 6.45) is 5.42. The predicted molar refractivity (Wildman–Crippen MR) is 102 cm³/mol. The summed E-state index contributed by atoms with van der Waals surface area (Å²) in [4.78, 5) is 23.7. The van der Waals surface area contributed by atoms with Crippen molar-refractivity contribution in [2.75, 3.05) is 12.4 Å². The molecule has 6 nitrogen and oxygen atoms in total. The van der Waals surface area contributed by atoms with Crippen LogP contribution in [0.25, 0.3) is 0 Å². The van der Waals surface area contributed by atoms with Crippen molar-refractivity contribution in [2.24, 2.45) is 5.92 Å². The molecule has 2 aromatic rings. The van der Waals surface area contributed by atoms with Gasteiger partial charge >= 0.3 is 5.97 Å². The third-order valence-electron chi connectivity index (χ3n) is 4.35. The van der Waals surface area contributed by atoms with Crippen LogP contribution in [0.4, 0.5) is 5.13 Å². The Labute approximate surface area is 160 Å². The molecule has 0 atom stereocenters. The van der Waals surface area contributed by atoms with Crippen LogP contribution in [-0.4, -0.2) is 29.2 Å². The second-order valence-electron chi connectivity index (χ2n) is 6.17. The van der Waals surface area contributed by atoms with Gasteiger partial charge in [0.25, 0.3) is 0 Å². The minimum Gasteiger partial charge on any atom is -0.465 e. The van der Waals surface area contributed by atoms with Crippen molar-refractivity contribution in [1.29, 1.82) is 0 Å². The first-order valence-corrected chi connectivity index (χ1v) is 10.4. The number of anilines is 1. The molecule has 0 aliphatic heterocycles. The SMILES string of the molecule is COC(=O)c1ccc(CSc2nnc(NC(=O)C3CCCCC3)s2)cc1. The number of amides is 1. The van der Waals surface area contributed by atoms with E-state index in [2.05, 4.69) is 20.3 Å². The lowest BCUT2D eigenvalue weighted by Gasteiger charge is -2.19. The molecule has 138 valence electrons. The van der Waals surface area contributed by atoms with Crippen LogP contribution in [0.2, 0.25) is 0 Å². The number of hydrogen-bond acceptors (Lipinski definition) is 7. The Hall–Kier alpha value is -1.93. The molecule has 0 radical (unpaired) electrons. The minimum absolute atomic E-state index is 0.0656. The number of esters is 1. The van der Waals surface area contributed by atoms with E-state index < -0.39 is 0 Å². The fraction of sp³-hybridized carbons (Fsp3) is 0.444. The van der Waals surface area contributed by atoms with Gasteiger partial charge in [-0.1, -0.05) is 54.5 Å². The van der Waals surface area contributed by atoms with E-state index in [-0.39, 0.29) is 17.8 Å². The highest BCUT2D eigenvalue weighted by molar-refractivity contribution is 8.00. The van der Waals surface area contributed by atoms with E-state index in [4.69, 9.17) is 0 Å². The van der Waals surface area contributed by atoms with Gasteiger partial charge in [0.2, 0.25) is 11.0 Å². The third-order valence-corrected chi connectivity index (χ3v) is 6.39. The highest BCUT2D eigenvalue weighted by atomic mass is 32.2. The molecule has 26 heavy (non-hydrogen) atoms. The van der Waals surface area contributed by atoms with Crippen molar-refractivity contribution in [3.8, 4) is 0 Å². The van der Waals surface area contributed by atoms with Crippen molar-refractivity contribution in [1.82, 2.24) is 10.2 Å². The second kappa shape index (κ2) is 9.14. The number of methoxy groups -OCH3 is 1. The van der Waals surface area contributed by atoms with E-state index in [1.165, 1.54) is 24.9 Å². The molecule has 0 bridgehead atoms. The van der Waals surface area contributed by atoms with E-state index in [1.807, 2.05) is 12.1 Å². The van der Waals surface area contributed by atoms with Gasteiger partial charge in [0, 0.05) is 11.7 Å². The topological polar surface area (TPSA) is 81.2 Å². The zero-order chi connectivity index (χ0) is 18.4. The lowest BCUT2D eigenvalue weighted by Crippen LogP contribution is -2.24. The number of nitrogens with zero attached hydrogens (tertiary/aromatic N) is 2. The van der Waals surface area contributed by atoms with Crippen molar-refractivity contribution in [3.63, 3.8) is 0 Å². The van der Waals surface area contributed by atoms with Gasteiger partial charge in [-0.25, -0.2) is 4.79 Å². The first-order valence-electron chi connectivity index (χ1n) is 8.60. The van der Waals surface area contributed by atoms with Crippen molar-refractivity contribution >= 4 is 40.1 Å². The van der Waals surface area contributed by atoms with Crippen LogP contribution in [0.5, 0.6) is 0 Å². The monoisotopic (exact) mass is 391 g/mol. The Morgan fingerprint density at radius 3 is 2.62 bits per heavy atom. The maximum absolute atomic E-state index is 12.3. The molecule has 1 fully saturated rings. The van der Waals surface area contributed by atoms with Gasteiger partial charge < -0.3 is 10.1 Å². The maximum Gasteiger partial charge on any atom is 0.337 e. The number of carbonyl (C=O) groups excluding carboxylic acids is 2. The zero-order valence-electron chi connectivity index (χ0n) is 14.6. The lowest BCUT2D eigenvalue weighted by molar-refractivity contribution is -0.120. The highest BCUT2D eigenvalue weighted by Gasteiger charge is 2.22. The fourth-order valence-corrected chi connectivity index (χ4v) is 4.60. The summed E-state index contributed by atoms with van der Waals surface area (Å²) in [7, 11) is 1.37. The highest BCUT2D eigenvalue weighted by Crippen LogP contribution is 2.30. The molecular formula is C18H21N3O3S2. The zero-order valence-corrected chi connectivity index (χ0v) is 16.2. The Kier molecular flexibility index (Phi) is 6.62. The first kappa shape index (κ1) is 18.8. The van der Waals surface area contributed by atoms with Crippen molar-refractivity contribution < 1.29 is 14.3 Å². The fourth-order valence-electron chi connectivity index (χ4n) is 2.89. The summed E-state index contributed by atoms with van der Waals surface area (Å²) in [5.74, 6) is 0.548. The molecule has 1 aliphatic rings. The van der Waals surface area contributed by atoms with Gasteiger partial charge in [0.1, 0.15) is 0 Å². The third kappa shape index (κ3) is 5.04. The number of thioether (sulfide) groups is 1. The Morgan fingerprint density at radius 2 is 1.92 bits per heavy atom. The van der Waals surface area contributed by atoms with Crippen LogP contribution in [0.1, 0.15) is 48.0 Å². The molecule has 1 aromatic heterocycles. The van der Waals surface area contributed by atoms with Crippen LogP contribution in [0.15, 0.2) is 28.6 Å². The summed E-state index contributed by atoms with van der Waals surface area (Å²) in [5, 5.41) is 11.7. The van der Waals surface area contributed by atoms with Crippen LogP contribution in [0.3, 0.4) is 0 Å². The predicted octanol–water partition coefficient (Wildman–Crippen LogP) is 4.14. The average molecular weight is 392 g/mol. The van der Waals surface area contributed by atoms with Crippen LogP contribution in [0, 0.1) is 5.92 Å². The number of hydrogen-bond donors (Lipinski definition) is 1. The summed E-state index contributed by atoms with van der Waals surface area (Å²) in [6, 6.07) is 7.29. The molecule has 0 unspecified atom stereocenters. The molecule has 8 heteroatoms. The smallest absolute Gasteiger partial charge is 0.337 e. The second-order valence-corrected chi connectivity index (χ2v) is 8.37. The molecule has 1 aliphatic carbocycles.